The first-order valence-electron chi connectivity index (χ1n) is 13.4. The average Bonchev–Trinajstić information content (AvgIpc) is 3.52. The van der Waals surface area contributed by atoms with Crippen molar-refractivity contribution in [1.29, 1.82) is 0 Å². The second kappa shape index (κ2) is 11.5. The van der Waals surface area contributed by atoms with Gasteiger partial charge in [0.05, 0.1) is 12.3 Å². The first-order chi connectivity index (χ1) is 18.8. The predicted molar refractivity (Wildman–Crippen MR) is 150 cm³/mol. The normalized spacial score (nSPS) is 16.9. The van der Waals surface area contributed by atoms with E-state index < -0.39 is 21.7 Å². The number of hydrogen-bond donors (Lipinski definition) is 1. The lowest BCUT2D eigenvalue weighted by atomic mass is 10.0. The molecule has 8 nitrogen and oxygen atoms in total. The van der Waals surface area contributed by atoms with E-state index in [9.17, 15) is 17.6 Å². The maximum Gasteiger partial charge on any atom is 0.281 e. The number of halogens is 1. The highest BCUT2D eigenvalue weighted by Gasteiger charge is 2.51. The standard InChI is InChI=1S/C30H36FN3O5S/c1-7-26(24-16-30(24,5)6)39-29-23(28(35)34-40(36,37)27-10-8-9-19(4)32-27)11-12-25(33-29)20-13-21(31)15-22(14-20)38-17-18(2)3/h8-15,18,24,26H,7,16-17H2,1-6H3,(H,34,35). The fourth-order valence-corrected chi connectivity index (χ4v) is 5.53. The lowest BCUT2D eigenvalue weighted by molar-refractivity contribution is 0.0966. The molecule has 2 atom stereocenters. The number of aryl methyl sites for hydroxylation is 1. The smallest absolute Gasteiger partial charge is 0.281 e. The molecule has 1 aliphatic carbocycles. The molecule has 0 spiro atoms. The summed E-state index contributed by atoms with van der Waals surface area (Å²) in [5, 5.41) is -0.271. The first kappa shape index (κ1) is 29.5. The second-order valence-corrected chi connectivity index (χ2v) is 13.0. The van der Waals surface area contributed by atoms with E-state index in [1.54, 1.807) is 25.1 Å². The van der Waals surface area contributed by atoms with Crippen molar-refractivity contribution in [2.45, 2.75) is 65.5 Å². The van der Waals surface area contributed by atoms with Gasteiger partial charge in [0.1, 0.15) is 23.2 Å². The summed E-state index contributed by atoms with van der Waals surface area (Å²) >= 11 is 0. The molecule has 214 valence electrons. The van der Waals surface area contributed by atoms with Crippen LogP contribution >= 0.6 is 0 Å². The van der Waals surface area contributed by atoms with Gasteiger partial charge >= 0.3 is 0 Å². The van der Waals surface area contributed by atoms with Crippen molar-refractivity contribution >= 4 is 15.9 Å². The molecule has 1 saturated carbocycles. The number of carbonyl (C=O) groups is 1. The zero-order valence-electron chi connectivity index (χ0n) is 23.7. The van der Waals surface area contributed by atoms with Gasteiger partial charge < -0.3 is 9.47 Å². The summed E-state index contributed by atoms with van der Waals surface area (Å²) in [5.41, 5.74) is 1.33. The molecule has 2 aromatic heterocycles. The van der Waals surface area contributed by atoms with E-state index in [-0.39, 0.29) is 39.8 Å². The number of aromatic nitrogens is 2. The van der Waals surface area contributed by atoms with Crippen LogP contribution in [0, 0.1) is 30.0 Å². The van der Waals surface area contributed by atoms with E-state index in [0.717, 1.165) is 6.42 Å². The second-order valence-electron chi connectivity index (χ2n) is 11.3. The Labute approximate surface area is 235 Å². The van der Waals surface area contributed by atoms with Crippen molar-refractivity contribution < 1.29 is 27.1 Å². The van der Waals surface area contributed by atoms with Gasteiger partial charge in [0.2, 0.25) is 5.88 Å². The van der Waals surface area contributed by atoms with Crippen LogP contribution in [0.2, 0.25) is 0 Å². The van der Waals surface area contributed by atoms with E-state index in [1.807, 2.05) is 20.8 Å². The number of sulfonamides is 1. The number of ether oxygens (including phenoxy) is 2. The maximum atomic E-state index is 14.5. The van der Waals surface area contributed by atoms with Crippen LogP contribution in [0.1, 0.15) is 63.5 Å². The number of nitrogens with one attached hydrogen (secondary N) is 1. The summed E-state index contributed by atoms with van der Waals surface area (Å²) in [7, 11) is -4.25. The molecule has 4 rings (SSSR count). The Morgan fingerprint density at radius 3 is 2.50 bits per heavy atom. The maximum absolute atomic E-state index is 14.5. The molecule has 1 fully saturated rings. The SMILES string of the molecule is CCC(Oc1nc(-c2cc(F)cc(OCC(C)C)c2)ccc1C(=O)NS(=O)(=O)c1cccc(C)n1)C1CC1(C)C. The Morgan fingerprint density at radius 1 is 1.15 bits per heavy atom. The Morgan fingerprint density at radius 2 is 1.88 bits per heavy atom. The third-order valence-corrected chi connectivity index (χ3v) is 8.16. The van der Waals surface area contributed by atoms with E-state index >= 15 is 0 Å². The number of amides is 1. The van der Waals surface area contributed by atoms with E-state index in [4.69, 9.17) is 9.47 Å². The van der Waals surface area contributed by atoms with E-state index in [2.05, 4.69) is 28.5 Å². The molecule has 3 aromatic rings. The molecule has 1 amide bonds. The summed E-state index contributed by atoms with van der Waals surface area (Å²) in [5.74, 6) is -0.549. The molecule has 2 heterocycles. The lowest BCUT2D eigenvalue weighted by Gasteiger charge is -2.21. The quantitative estimate of drug-likeness (QED) is 0.304. The van der Waals surface area contributed by atoms with Gasteiger partial charge in [-0.2, -0.15) is 8.42 Å². The highest BCUT2D eigenvalue weighted by atomic mass is 32.2. The zero-order chi connectivity index (χ0) is 29.2. The molecule has 1 aliphatic rings. The van der Waals surface area contributed by atoms with Crippen LogP contribution in [0.3, 0.4) is 0 Å². The zero-order valence-corrected chi connectivity index (χ0v) is 24.5. The third kappa shape index (κ3) is 6.96. The van der Waals surface area contributed by atoms with E-state index in [0.29, 0.717) is 35.7 Å². The van der Waals surface area contributed by atoms with Gasteiger partial charge in [0, 0.05) is 23.2 Å². The minimum atomic E-state index is -4.25. The van der Waals surface area contributed by atoms with Crippen LogP contribution in [0.15, 0.2) is 53.6 Å². The minimum absolute atomic E-state index is 0.0224. The van der Waals surface area contributed by atoms with Crippen molar-refractivity contribution in [2.24, 2.45) is 17.3 Å². The number of rotatable bonds is 11. The first-order valence-corrected chi connectivity index (χ1v) is 14.9. The Kier molecular flexibility index (Phi) is 8.49. The van der Waals surface area contributed by atoms with Gasteiger partial charge in [-0.25, -0.2) is 19.1 Å². The van der Waals surface area contributed by atoms with Gasteiger partial charge in [-0.1, -0.05) is 40.7 Å². The molecule has 1 aromatic carbocycles. The number of hydrogen-bond acceptors (Lipinski definition) is 7. The van der Waals surface area contributed by atoms with E-state index in [1.165, 1.54) is 30.3 Å². The number of benzene rings is 1. The van der Waals surface area contributed by atoms with Crippen molar-refractivity contribution in [1.82, 2.24) is 14.7 Å². The van der Waals surface area contributed by atoms with Crippen molar-refractivity contribution in [3.63, 3.8) is 0 Å². The molecular formula is C30H36FN3O5S. The number of nitrogens with zero attached hydrogens (tertiary/aromatic N) is 2. The summed E-state index contributed by atoms with van der Waals surface area (Å²) in [4.78, 5) is 21.9. The molecule has 40 heavy (non-hydrogen) atoms. The Bertz CT molecular complexity index is 1510. The molecular weight excluding hydrogens is 533 g/mol. The van der Waals surface area contributed by atoms with Crippen molar-refractivity contribution in [3.05, 3.63) is 65.6 Å². The van der Waals surface area contributed by atoms with Gasteiger partial charge in [0.15, 0.2) is 5.03 Å². The largest absolute Gasteiger partial charge is 0.493 e. The van der Waals surface area contributed by atoms with Gasteiger partial charge in [-0.15, -0.1) is 0 Å². The Hall–Kier alpha value is -3.53. The highest BCUT2D eigenvalue weighted by molar-refractivity contribution is 7.90. The summed E-state index contributed by atoms with van der Waals surface area (Å²) < 4.78 is 54.5. The highest BCUT2D eigenvalue weighted by Crippen LogP contribution is 2.55. The fraction of sp³-hybridized carbons (Fsp3) is 0.433. The minimum Gasteiger partial charge on any atom is -0.493 e. The third-order valence-electron chi connectivity index (χ3n) is 6.92. The van der Waals surface area contributed by atoms with Crippen LogP contribution in [0.25, 0.3) is 11.3 Å². The Balaban J connectivity index is 1.71. The summed E-state index contributed by atoms with van der Waals surface area (Å²) in [6, 6.07) is 11.8. The summed E-state index contributed by atoms with van der Waals surface area (Å²) in [6.45, 7) is 12.4. The molecule has 0 bridgehead atoms. The number of carbonyl (C=O) groups excluding carboxylic acids is 1. The monoisotopic (exact) mass is 569 g/mol. The number of pyridine rings is 2. The molecule has 2 unspecified atom stereocenters. The van der Waals surface area contributed by atoms with Crippen LogP contribution < -0.4 is 14.2 Å². The van der Waals surface area contributed by atoms with Gasteiger partial charge in [-0.3, -0.25) is 4.79 Å². The van der Waals surface area contributed by atoms with Crippen LogP contribution in [0.5, 0.6) is 11.6 Å². The molecule has 0 radical (unpaired) electrons. The van der Waals surface area contributed by atoms with Gasteiger partial charge in [0.25, 0.3) is 15.9 Å². The average molecular weight is 570 g/mol. The molecule has 0 aliphatic heterocycles. The fourth-order valence-electron chi connectivity index (χ4n) is 4.55. The van der Waals surface area contributed by atoms with Crippen LogP contribution in [-0.4, -0.2) is 37.0 Å². The predicted octanol–water partition coefficient (Wildman–Crippen LogP) is 5.95. The van der Waals surface area contributed by atoms with Crippen molar-refractivity contribution in [2.75, 3.05) is 6.61 Å². The molecule has 10 heteroatoms. The summed E-state index contributed by atoms with van der Waals surface area (Å²) in [6.07, 6.45) is 1.39. The molecule has 0 saturated heterocycles. The van der Waals surface area contributed by atoms with Crippen LogP contribution in [0.4, 0.5) is 4.39 Å². The topological polar surface area (TPSA) is 107 Å². The van der Waals surface area contributed by atoms with Gasteiger partial charge in [-0.05, 0) is 67.5 Å². The van der Waals surface area contributed by atoms with Crippen molar-refractivity contribution in [3.8, 4) is 22.9 Å². The molecule has 1 N–H and O–H groups in total. The lowest BCUT2D eigenvalue weighted by Crippen LogP contribution is -2.32. The van der Waals surface area contributed by atoms with Crippen LogP contribution in [-0.2, 0) is 10.0 Å².